The van der Waals surface area contributed by atoms with Crippen LogP contribution < -0.4 is 14.4 Å². The Balaban J connectivity index is 1.48. The zero-order valence-corrected chi connectivity index (χ0v) is 22.9. The zero-order chi connectivity index (χ0) is 28.2. The van der Waals surface area contributed by atoms with Gasteiger partial charge in [-0.3, -0.25) is 14.5 Å². The standard InChI is InChI=1S/C29H31F2N3O5S/c1-38-25-11-6-18(15-32-25)22-10-9-21(39-28(30)31)14-23(22)24-16-40-29(33-24)34(20-7-8-20)27(37)19(13-26(35)36)12-17-4-2-3-5-17/h6,9-11,14-17,19-20,28H,2-5,7-8,12-13H2,1H3,(H,35,36). The van der Waals surface area contributed by atoms with Crippen LogP contribution in [0.15, 0.2) is 41.9 Å². The van der Waals surface area contributed by atoms with Crippen LogP contribution in [0.25, 0.3) is 22.4 Å². The third-order valence-electron chi connectivity index (χ3n) is 7.46. The Morgan fingerprint density at radius 3 is 2.52 bits per heavy atom. The Bertz CT molecular complexity index is 1340. The van der Waals surface area contributed by atoms with E-state index in [0.29, 0.717) is 40.2 Å². The number of halogens is 2. The predicted molar refractivity (Wildman–Crippen MR) is 147 cm³/mol. The lowest BCUT2D eigenvalue weighted by atomic mass is 9.90. The first-order valence-corrected chi connectivity index (χ1v) is 14.3. The van der Waals surface area contributed by atoms with Crippen molar-refractivity contribution in [1.82, 2.24) is 9.97 Å². The topological polar surface area (TPSA) is 102 Å². The minimum atomic E-state index is -2.98. The van der Waals surface area contributed by atoms with Crippen LogP contribution in [-0.4, -0.2) is 46.7 Å². The molecule has 2 heterocycles. The summed E-state index contributed by atoms with van der Waals surface area (Å²) in [6, 6.07) is 8.12. The highest BCUT2D eigenvalue weighted by Gasteiger charge is 2.40. The SMILES string of the molecule is COc1ccc(-c2ccc(OC(F)F)cc2-c2csc(N(C(=O)C(CC(=O)O)CC3CCCC3)C3CC3)n2)cn1. The highest BCUT2D eigenvalue weighted by atomic mass is 32.1. The van der Waals surface area contributed by atoms with E-state index in [1.165, 1.54) is 30.6 Å². The number of aromatic nitrogens is 2. The molecule has 212 valence electrons. The summed E-state index contributed by atoms with van der Waals surface area (Å²) in [5.74, 6) is -1.02. The van der Waals surface area contributed by atoms with E-state index in [1.54, 1.807) is 28.6 Å². The fourth-order valence-corrected chi connectivity index (χ4v) is 6.31. The van der Waals surface area contributed by atoms with Crippen LogP contribution in [0.2, 0.25) is 0 Å². The van der Waals surface area contributed by atoms with Gasteiger partial charge in [-0.2, -0.15) is 8.78 Å². The van der Waals surface area contributed by atoms with Crippen molar-refractivity contribution in [2.45, 2.75) is 64.0 Å². The number of methoxy groups -OCH3 is 1. The summed E-state index contributed by atoms with van der Waals surface area (Å²) in [7, 11) is 1.52. The molecule has 1 N–H and O–H groups in total. The number of aliphatic carboxylic acids is 1. The van der Waals surface area contributed by atoms with Gasteiger partial charge < -0.3 is 14.6 Å². The summed E-state index contributed by atoms with van der Waals surface area (Å²) in [5.41, 5.74) is 2.46. The summed E-state index contributed by atoms with van der Waals surface area (Å²) < 4.78 is 35.9. The molecule has 2 fully saturated rings. The highest BCUT2D eigenvalue weighted by molar-refractivity contribution is 7.14. The van der Waals surface area contributed by atoms with Crippen LogP contribution in [0.4, 0.5) is 13.9 Å². The number of hydrogen-bond donors (Lipinski definition) is 1. The van der Waals surface area contributed by atoms with Gasteiger partial charge in [-0.15, -0.1) is 11.3 Å². The van der Waals surface area contributed by atoms with Gasteiger partial charge in [-0.25, -0.2) is 9.97 Å². The van der Waals surface area contributed by atoms with E-state index in [9.17, 15) is 23.5 Å². The Labute approximate surface area is 235 Å². The smallest absolute Gasteiger partial charge is 0.387 e. The number of pyridine rings is 1. The number of rotatable bonds is 12. The fourth-order valence-electron chi connectivity index (χ4n) is 5.41. The van der Waals surface area contributed by atoms with Crippen LogP contribution in [-0.2, 0) is 9.59 Å². The molecular weight excluding hydrogens is 540 g/mol. The maximum atomic E-state index is 13.8. The van der Waals surface area contributed by atoms with Gasteiger partial charge in [0.25, 0.3) is 0 Å². The lowest BCUT2D eigenvalue weighted by Gasteiger charge is -2.26. The van der Waals surface area contributed by atoms with E-state index in [-0.39, 0.29) is 24.1 Å². The summed E-state index contributed by atoms with van der Waals surface area (Å²) in [4.78, 5) is 36.2. The van der Waals surface area contributed by atoms with E-state index in [4.69, 9.17) is 9.72 Å². The molecule has 40 heavy (non-hydrogen) atoms. The van der Waals surface area contributed by atoms with Gasteiger partial charge >= 0.3 is 12.6 Å². The van der Waals surface area contributed by atoms with Crippen LogP contribution in [0.1, 0.15) is 51.4 Å². The molecule has 0 radical (unpaired) electrons. The van der Waals surface area contributed by atoms with Gasteiger partial charge in [-0.05, 0) is 55.0 Å². The van der Waals surface area contributed by atoms with Crippen molar-refractivity contribution in [2.75, 3.05) is 12.0 Å². The monoisotopic (exact) mass is 571 g/mol. The predicted octanol–water partition coefficient (Wildman–Crippen LogP) is 6.65. The first kappa shape index (κ1) is 27.9. The Morgan fingerprint density at radius 2 is 1.90 bits per heavy atom. The van der Waals surface area contributed by atoms with Gasteiger partial charge in [0.2, 0.25) is 11.8 Å². The summed E-state index contributed by atoms with van der Waals surface area (Å²) >= 11 is 1.28. The lowest BCUT2D eigenvalue weighted by molar-refractivity contribution is -0.141. The second-order valence-corrected chi connectivity index (χ2v) is 11.1. The van der Waals surface area contributed by atoms with Crippen LogP contribution in [0.3, 0.4) is 0 Å². The number of thiazole rings is 1. The van der Waals surface area contributed by atoms with E-state index in [1.807, 2.05) is 6.07 Å². The van der Waals surface area contributed by atoms with Crippen molar-refractivity contribution >= 4 is 28.3 Å². The first-order valence-electron chi connectivity index (χ1n) is 13.4. The van der Waals surface area contributed by atoms with Crippen LogP contribution in [0.5, 0.6) is 11.6 Å². The molecule has 2 aliphatic rings. The Hall–Kier alpha value is -3.60. The molecule has 3 aromatic rings. The average molecular weight is 572 g/mol. The number of amides is 1. The molecule has 2 aromatic heterocycles. The first-order chi connectivity index (χ1) is 19.3. The van der Waals surface area contributed by atoms with Gasteiger partial charge in [0.1, 0.15) is 5.75 Å². The lowest BCUT2D eigenvalue weighted by Crippen LogP contribution is -2.39. The van der Waals surface area contributed by atoms with E-state index >= 15 is 0 Å². The maximum Gasteiger partial charge on any atom is 0.387 e. The molecule has 0 saturated heterocycles. The number of anilines is 1. The molecule has 2 aliphatic carbocycles. The third-order valence-corrected chi connectivity index (χ3v) is 8.30. The molecule has 0 aliphatic heterocycles. The van der Waals surface area contributed by atoms with E-state index < -0.39 is 18.5 Å². The van der Waals surface area contributed by atoms with Crippen LogP contribution >= 0.6 is 11.3 Å². The molecule has 0 bridgehead atoms. The Morgan fingerprint density at radius 1 is 1.12 bits per heavy atom. The van der Waals surface area contributed by atoms with Crippen molar-refractivity contribution in [3.05, 3.63) is 41.9 Å². The van der Waals surface area contributed by atoms with Gasteiger partial charge in [0.05, 0.1) is 19.2 Å². The van der Waals surface area contributed by atoms with Crippen LogP contribution in [0, 0.1) is 11.8 Å². The van der Waals surface area contributed by atoms with E-state index in [0.717, 1.165) is 44.1 Å². The molecule has 1 atom stereocenters. The van der Waals surface area contributed by atoms with Crippen molar-refractivity contribution in [2.24, 2.45) is 11.8 Å². The van der Waals surface area contributed by atoms with E-state index in [2.05, 4.69) is 9.72 Å². The fraction of sp³-hybridized carbons (Fsp3) is 0.448. The maximum absolute atomic E-state index is 13.8. The molecular formula is C29H31F2N3O5S. The molecule has 11 heteroatoms. The minimum Gasteiger partial charge on any atom is -0.481 e. The van der Waals surface area contributed by atoms with Crippen molar-refractivity contribution < 1.29 is 33.0 Å². The second kappa shape index (κ2) is 12.3. The molecule has 2 saturated carbocycles. The van der Waals surface area contributed by atoms with Gasteiger partial charge in [0, 0.05) is 40.7 Å². The highest BCUT2D eigenvalue weighted by Crippen LogP contribution is 2.41. The number of nitrogens with zero attached hydrogens (tertiary/aromatic N) is 3. The van der Waals surface area contributed by atoms with Crippen molar-refractivity contribution in [1.29, 1.82) is 0 Å². The number of carbonyl (C=O) groups is 2. The molecule has 8 nitrogen and oxygen atoms in total. The average Bonchev–Trinajstić information content (AvgIpc) is 3.40. The normalized spacial score (nSPS) is 16.2. The summed E-state index contributed by atoms with van der Waals surface area (Å²) in [6.45, 7) is -2.98. The Kier molecular flexibility index (Phi) is 8.58. The quantitative estimate of drug-likeness (QED) is 0.260. The van der Waals surface area contributed by atoms with Crippen molar-refractivity contribution in [3.63, 3.8) is 0 Å². The minimum absolute atomic E-state index is 0.0158. The number of carbonyl (C=O) groups excluding carboxylic acids is 1. The van der Waals surface area contributed by atoms with Gasteiger partial charge in [-0.1, -0.05) is 25.7 Å². The molecule has 0 spiro atoms. The largest absolute Gasteiger partial charge is 0.481 e. The molecule has 1 unspecified atom stereocenters. The molecule has 1 aromatic carbocycles. The number of carboxylic acids is 1. The number of hydrogen-bond acceptors (Lipinski definition) is 7. The number of ether oxygens (including phenoxy) is 2. The summed E-state index contributed by atoms with van der Waals surface area (Å²) in [6.07, 6.45) is 7.89. The number of carboxylic acid groups (broad SMARTS) is 1. The third kappa shape index (κ3) is 6.57. The summed E-state index contributed by atoms with van der Waals surface area (Å²) in [5, 5.41) is 11.8. The zero-order valence-electron chi connectivity index (χ0n) is 22.1. The number of alkyl halides is 2. The van der Waals surface area contributed by atoms with Crippen molar-refractivity contribution in [3.8, 4) is 34.0 Å². The van der Waals surface area contributed by atoms with Gasteiger partial charge in [0.15, 0.2) is 5.13 Å². The molecule has 1 amide bonds. The molecule has 5 rings (SSSR count). The number of benzene rings is 1. The second-order valence-electron chi connectivity index (χ2n) is 10.3.